The van der Waals surface area contributed by atoms with Gasteiger partial charge >= 0.3 is 29.8 Å². The number of rotatable bonds is 12. The molecule has 0 aromatic rings. The number of amides is 3. The molecule has 264 valence electrons. The van der Waals surface area contributed by atoms with Gasteiger partial charge in [-0.05, 0) is 0 Å². The standard InChI is InChI=1S/C28H41N3O16/c1-11(32)29-21-25(44-17(7)38)23(42-15(5)36)19(46-27(21)31-13(3)34)10-41-28-22(30-12(2)33)26(45-18(8)39)24(43-16(6)37)20(47-28)9-40-14(4)35/h19-28H,9-10H2,1-8H3,(H,29,32)(H,30,33)(H,31,34)/t19-,20-,21-,22-,23-,24-,25-,26-,27-,28-/m1/s1. The number of esters is 5. The first kappa shape index (κ1) is 38.8. The lowest BCUT2D eigenvalue weighted by Crippen LogP contribution is -2.70. The Hall–Kier alpha value is -4.36. The van der Waals surface area contributed by atoms with Gasteiger partial charge in [-0.1, -0.05) is 0 Å². The van der Waals surface area contributed by atoms with Crippen molar-refractivity contribution < 1.29 is 76.3 Å². The van der Waals surface area contributed by atoms with E-state index in [-0.39, 0.29) is 0 Å². The van der Waals surface area contributed by atoms with Crippen molar-refractivity contribution in [3.05, 3.63) is 0 Å². The predicted molar refractivity (Wildman–Crippen MR) is 151 cm³/mol. The highest BCUT2D eigenvalue weighted by molar-refractivity contribution is 5.75. The summed E-state index contributed by atoms with van der Waals surface area (Å²) >= 11 is 0. The molecule has 2 heterocycles. The van der Waals surface area contributed by atoms with Gasteiger partial charge in [-0.25, -0.2) is 0 Å². The third-order valence-electron chi connectivity index (χ3n) is 6.51. The van der Waals surface area contributed by atoms with Gasteiger partial charge in [0.25, 0.3) is 0 Å². The molecule has 0 aromatic carbocycles. The van der Waals surface area contributed by atoms with Gasteiger partial charge < -0.3 is 53.8 Å². The maximum atomic E-state index is 12.3. The van der Waals surface area contributed by atoms with E-state index in [2.05, 4.69) is 16.0 Å². The van der Waals surface area contributed by atoms with Crippen LogP contribution in [0.4, 0.5) is 0 Å². The minimum atomic E-state index is -1.53. The molecular weight excluding hydrogens is 634 g/mol. The smallest absolute Gasteiger partial charge is 0.303 e. The zero-order valence-corrected chi connectivity index (χ0v) is 27.2. The molecule has 2 aliphatic rings. The molecule has 0 spiro atoms. The number of ether oxygens (including phenoxy) is 8. The topological polar surface area (TPSA) is 246 Å². The molecule has 19 heteroatoms. The van der Waals surface area contributed by atoms with Gasteiger partial charge in [-0.2, -0.15) is 0 Å². The highest BCUT2D eigenvalue weighted by Crippen LogP contribution is 2.30. The van der Waals surface area contributed by atoms with Gasteiger partial charge in [0, 0.05) is 55.4 Å². The van der Waals surface area contributed by atoms with E-state index < -0.39 is 122 Å². The number of nitrogens with one attached hydrogen (secondary N) is 3. The minimum absolute atomic E-state index is 0.495. The molecule has 10 atom stereocenters. The first-order valence-corrected chi connectivity index (χ1v) is 14.5. The fourth-order valence-corrected chi connectivity index (χ4v) is 5.08. The van der Waals surface area contributed by atoms with Gasteiger partial charge in [-0.3, -0.25) is 38.4 Å². The van der Waals surface area contributed by atoms with Crippen molar-refractivity contribution in [2.24, 2.45) is 0 Å². The van der Waals surface area contributed by atoms with E-state index in [1.807, 2.05) is 0 Å². The first-order chi connectivity index (χ1) is 21.9. The van der Waals surface area contributed by atoms with Crippen LogP contribution in [0.5, 0.6) is 0 Å². The molecule has 47 heavy (non-hydrogen) atoms. The Morgan fingerprint density at radius 3 is 1.32 bits per heavy atom. The Morgan fingerprint density at radius 2 is 0.894 bits per heavy atom. The van der Waals surface area contributed by atoms with Crippen molar-refractivity contribution in [2.45, 2.75) is 117 Å². The van der Waals surface area contributed by atoms with E-state index in [0.717, 1.165) is 41.5 Å². The highest BCUT2D eigenvalue weighted by Gasteiger charge is 2.54. The van der Waals surface area contributed by atoms with Crippen LogP contribution in [-0.2, 0) is 76.3 Å². The second-order valence-corrected chi connectivity index (χ2v) is 10.7. The molecule has 2 aliphatic heterocycles. The second-order valence-electron chi connectivity index (χ2n) is 10.7. The summed E-state index contributed by atoms with van der Waals surface area (Å²) in [6, 6.07) is -2.57. The van der Waals surface area contributed by atoms with E-state index in [1.54, 1.807) is 0 Å². The van der Waals surface area contributed by atoms with Crippen LogP contribution in [-0.4, -0.2) is 122 Å². The molecule has 0 unspecified atom stereocenters. The fourth-order valence-electron chi connectivity index (χ4n) is 5.08. The summed E-state index contributed by atoms with van der Waals surface area (Å²) in [5.41, 5.74) is 0. The molecule has 0 aliphatic carbocycles. The molecule has 0 radical (unpaired) electrons. The molecule has 3 amide bonds. The average molecular weight is 676 g/mol. The molecule has 2 saturated heterocycles. The zero-order chi connectivity index (χ0) is 35.6. The Kier molecular flexibility index (Phi) is 14.5. The van der Waals surface area contributed by atoms with Crippen LogP contribution < -0.4 is 16.0 Å². The summed E-state index contributed by atoms with van der Waals surface area (Å²) in [5.74, 6) is -5.80. The quantitative estimate of drug-likeness (QED) is 0.148. The lowest BCUT2D eigenvalue weighted by Gasteiger charge is -2.47. The van der Waals surface area contributed by atoms with Crippen LogP contribution in [0.25, 0.3) is 0 Å². The van der Waals surface area contributed by atoms with Crippen molar-refractivity contribution in [3.8, 4) is 0 Å². The Bertz CT molecular complexity index is 1210. The summed E-state index contributed by atoms with van der Waals surface area (Å²) in [7, 11) is 0. The third kappa shape index (κ3) is 12.1. The zero-order valence-electron chi connectivity index (χ0n) is 27.2. The van der Waals surface area contributed by atoms with E-state index in [1.165, 1.54) is 13.8 Å². The van der Waals surface area contributed by atoms with E-state index in [0.29, 0.717) is 0 Å². The second kappa shape index (κ2) is 17.5. The van der Waals surface area contributed by atoms with Crippen LogP contribution in [0.1, 0.15) is 55.4 Å². The summed E-state index contributed by atoms with van der Waals surface area (Å²) in [6.45, 7) is 7.86. The Labute approximate surface area is 269 Å². The van der Waals surface area contributed by atoms with Crippen molar-refractivity contribution >= 4 is 47.6 Å². The molecule has 0 bridgehead atoms. The molecule has 0 saturated carbocycles. The largest absolute Gasteiger partial charge is 0.463 e. The van der Waals surface area contributed by atoms with E-state index in [4.69, 9.17) is 37.9 Å². The van der Waals surface area contributed by atoms with Gasteiger partial charge in [0.15, 0.2) is 36.9 Å². The normalized spacial score (nSPS) is 30.0. The number of hydrogen-bond acceptors (Lipinski definition) is 16. The van der Waals surface area contributed by atoms with Crippen molar-refractivity contribution in [2.75, 3.05) is 13.2 Å². The first-order valence-electron chi connectivity index (χ1n) is 14.5. The molecule has 0 aromatic heterocycles. The SMILES string of the molecule is CC(=O)N[C@@H]1[C@@H](OC(C)=O)[C@H](OC(C)=O)[C@@H](CO[C@@H]2O[C@H](COC(C)=O)[C@@H](OC(C)=O)[C@H](OC(C)=O)[C@H]2NC(C)=O)O[C@H]1NC(C)=O. The summed E-state index contributed by atoms with van der Waals surface area (Å²) in [6.07, 6.45) is -11.1. The average Bonchev–Trinajstić information content (AvgIpc) is 2.91. The van der Waals surface area contributed by atoms with E-state index >= 15 is 0 Å². The van der Waals surface area contributed by atoms with Gasteiger partial charge in [0.1, 0.15) is 30.9 Å². The number of carbonyl (C=O) groups is 8. The number of carbonyl (C=O) groups excluding carboxylic acids is 8. The van der Waals surface area contributed by atoms with Crippen molar-refractivity contribution in [3.63, 3.8) is 0 Å². The van der Waals surface area contributed by atoms with Gasteiger partial charge in [-0.15, -0.1) is 0 Å². The molecule has 19 nitrogen and oxygen atoms in total. The van der Waals surface area contributed by atoms with Crippen LogP contribution in [0.3, 0.4) is 0 Å². The predicted octanol–water partition coefficient (Wildman–Crippen LogP) is -2.11. The lowest BCUT2D eigenvalue weighted by molar-refractivity contribution is -0.292. The maximum absolute atomic E-state index is 12.3. The van der Waals surface area contributed by atoms with Crippen LogP contribution in [0.15, 0.2) is 0 Å². The summed E-state index contributed by atoms with van der Waals surface area (Å²) < 4.78 is 44.8. The van der Waals surface area contributed by atoms with Crippen LogP contribution in [0.2, 0.25) is 0 Å². The summed E-state index contributed by atoms with van der Waals surface area (Å²) in [5, 5.41) is 7.57. The Morgan fingerprint density at radius 1 is 0.489 bits per heavy atom. The van der Waals surface area contributed by atoms with Gasteiger partial charge in [0.05, 0.1) is 6.61 Å². The van der Waals surface area contributed by atoms with Crippen LogP contribution in [0, 0.1) is 0 Å². The molecular formula is C28H41N3O16. The summed E-state index contributed by atoms with van der Waals surface area (Å²) in [4.78, 5) is 96.5. The van der Waals surface area contributed by atoms with Crippen LogP contribution >= 0.6 is 0 Å². The monoisotopic (exact) mass is 675 g/mol. The minimum Gasteiger partial charge on any atom is -0.463 e. The fraction of sp³-hybridized carbons (Fsp3) is 0.714. The lowest BCUT2D eigenvalue weighted by atomic mass is 9.94. The van der Waals surface area contributed by atoms with Crippen molar-refractivity contribution in [1.29, 1.82) is 0 Å². The van der Waals surface area contributed by atoms with E-state index in [9.17, 15) is 38.4 Å². The highest BCUT2D eigenvalue weighted by atomic mass is 16.7. The maximum Gasteiger partial charge on any atom is 0.303 e. The molecule has 2 rings (SSSR count). The third-order valence-corrected chi connectivity index (χ3v) is 6.51. The Balaban J connectivity index is 2.56. The molecule has 3 N–H and O–H groups in total. The molecule has 2 fully saturated rings. The van der Waals surface area contributed by atoms with Gasteiger partial charge in [0.2, 0.25) is 17.7 Å². The number of hydrogen-bond donors (Lipinski definition) is 3. The van der Waals surface area contributed by atoms with Crippen molar-refractivity contribution in [1.82, 2.24) is 16.0 Å².